The summed E-state index contributed by atoms with van der Waals surface area (Å²) in [6, 6.07) is 13.6. The number of carbonyl (C=O) groups excluding carboxylic acids is 1. The molecule has 2 aliphatic rings. The number of piperazine rings is 1. The predicted molar refractivity (Wildman–Crippen MR) is 134 cm³/mol. The number of amides is 1. The van der Waals surface area contributed by atoms with E-state index in [4.69, 9.17) is 11.6 Å². The van der Waals surface area contributed by atoms with Crippen molar-refractivity contribution in [1.29, 1.82) is 0 Å². The molecule has 0 radical (unpaired) electrons. The van der Waals surface area contributed by atoms with Gasteiger partial charge in [0, 0.05) is 49.9 Å². The lowest BCUT2D eigenvalue weighted by Gasteiger charge is -2.34. The van der Waals surface area contributed by atoms with Crippen LogP contribution in [0.25, 0.3) is 5.69 Å². The van der Waals surface area contributed by atoms with E-state index in [2.05, 4.69) is 20.4 Å². The number of halogens is 1. The molecule has 12 heteroatoms. The molecule has 5 rings (SSSR count). The quantitative estimate of drug-likeness (QED) is 0.483. The molecule has 0 N–H and O–H groups in total. The van der Waals surface area contributed by atoms with Crippen LogP contribution >= 0.6 is 11.6 Å². The van der Waals surface area contributed by atoms with Gasteiger partial charge in [-0.1, -0.05) is 18.0 Å². The molecule has 3 aromatic rings. The smallest absolute Gasteiger partial charge is 0.253 e. The molecule has 2 saturated heterocycles. The van der Waals surface area contributed by atoms with Crippen LogP contribution in [-0.4, -0.2) is 87.9 Å². The van der Waals surface area contributed by atoms with Crippen LogP contribution < -0.4 is 0 Å². The molecule has 10 nitrogen and oxygen atoms in total. The number of hydrogen-bond acceptors (Lipinski definition) is 7. The number of tetrazole rings is 1. The van der Waals surface area contributed by atoms with E-state index in [1.165, 1.54) is 4.31 Å². The van der Waals surface area contributed by atoms with Gasteiger partial charge in [0.15, 0.2) is 5.82 Å². The molecule has 0 aliphatic carbocycles. The summed E-state index contributed by atoms with van der Waals surface area (Å²) in [5.74, 6) is 0.616. The Kier molecular flexibility index (Phi) is 7.33. The lowest BCUT2D eigenvalue weighted by molar-refractivity contribution is 0.0624. The first-order valence-electron chi connectivity index (χ1n) is 12.1. The zero-order chi connectivity index (χ0) is 25.1. The van der Waals surface area contributed by atoms with Gasteiger partial charge in [-0.15, -0.1) is 5.10 Å². The fourth-order valence-electron chi connectivity index (χ4n) is 4.60. The Morgan fingerprint density at radius 2 is 1.53 bits per heavy atom. The zero-order valence-corrected chi connectivity index (χ0v) is 21.4. The minimum absolute atomic E-state index is 0.0948. The van der Waals surface area contributed by atoms with Crippen LogP contribution in [0.3, 0.4) is 0 Å². The summed E-state index contributed by atoms with van der Waals surface area (Å²) in [5.41, 5.74) is 1.33. The number of piperidine rings is 1. The SMILES string of the molecule is O=C(c1ccc(S(=O)(=O)N2CCCCC2)cc1)N1CCN(Cc2nnnn2-c2ccc(Cl)cc2)CC1. The second-order valence-electron chi connectivity index (χ2n) is 9.04. The Labute approximate surface area is 215 Å². The van der Waals surface area contributed by atoms with Crippen molar-refractivity contribution < 1.29 is 13.2 Å². The van der Waals surface area contributed by atoms with E-state index in [-0.39, 0.29) is 10.8 Å². The van der Waals surface area contributed by atoms with Crippen LogP contribution in [0.2, 0.25) is 5.02 Å². The summed E-state index contributed by atoms with van der Waals surface area (Å²) in [7, 11) is -3.51. The molecule has 0 unspecified atom stereocenters. The van der Waals surface area contributed by atoms with Gasteiger partial charge < -0.3 is 4.90 Å². The summed E-state index contributed by atoms with van der Waals surface area (Å²) >= 11 is 5.98. The maximum Gasteiger partial charge on any atom is 0.253 e. The van der Waals surface area contributed by atoms with Gasteiger partial charge in [-0.2, -0.15) is 8.99 Å². The number of benzene rings is 2. The van der Waals surface area contributed by atoms with Crippen LogP contribution in [0.15, 0.2) is 53.4 Å². The van der Waals surface area contributed by atoms with Gasteiger partial charge in [-0.3, -0.25) is 9.69 Å². The van der Waals surface area contributed by atoms with E-state index in [1.54, 1.807) is 46.0 Å². The standard InChI is InChI=1S/C24H28ClN7O3S/c25-20-6-8-21(9-7-20)32-23(26-27-28-32)18-29-14-16-30(17-15-29)24(33)19-4-10-22(11-5-19)36(34,35)31-12-2-1-3-13-31/h4-11H,1-3,12-18H2. The average molecular weight is 530 g/mol. The number of sulfonamides is 1. The van der Waals surface area contributed by atoms with Crippen LogP contribution in [0.1, 0.15) is 35.4 Å². The number of nitrogens with zero attached hydrogens (tertiary/aromatic N) is 7. The van der Waals surface area contributed by atoms with Gasteiger partial charge in [0.25, 0.3) is 5.91 Å². The van der Waals surface area contributed by atoms with E-state index >= 15 is 0 Å². The summed E-state index contributed by atoms with van der Waals surface area (Å²) in [5, 5.41) is 12.7. The highest BCUT2D eigenvalue weighted by atomic mass is 35.5. The number of aromatic nitrogens is 4. The van der Waals surface area contributed by atoms with Gasteiger partial charge in [-0.05, 0) is 71.8 Å². The fourth-order valence-corrected chi connectivity index (χ4v) is 6.25. The van der Waals surface area contributed by atoms with Crippen molar-refractivity contribution in [3.05, 3.63) is 64.9 Å². The van der Waals surface area contributed by atoms with Crippen molar-refractivity contribution in [3.63, 3.8) is 0 Å². The summed E-state index contributed by atoms with van der Waals surface area (Å²) in [6.07, 6.45) is 2.84. The number of hydrogen-bond donors (Lipinski definition) is 0. The normalized spacial score (nSPS) is 17.9. The highest BCUT2D eigenvalue weighted by Crippen LogP contribution is 2.22. The van der Waals surface area contributed by atoms with Crippen molar-refractivity contribution in [2.45, 2.75) is 30.7 Å². The third-order valence-corrected chi connectivity index (χ3v) is 8.85. The third kappa shape index (κ3) is 5.29. The molecule has 1 amide bonds. The molecule has 0 spiro atoms. The van der Waals surface area contributed by atoms with Gasteiger partial charge in [0.05, 0.1) is 17.1 Å². The van der Waals surface area contributed by atoms with Gasteiger partial charge in [0.2, 0.25) is 10.0 Å². The molecule has 3 heterocycles. The lowest BCUT2D eigenvalue weighted by atomic mass is 10.2. The van der Waals surface area contributed by atoms with E-state index in [9.17, 15) is 13.2 Å². The summed E-state index contributed by atoms with van der Waals surface area (Å²) in [6.45, 7) is 4.16. The molecular weight excluding hydrogens is 502 g/mol. The number of carbonyl (C=O) groups is 1. The molecule has 2 aliphatic heterocycles. The van der Waals surface area contributed by atoms with E-state index in [0.29, 0.717) is 62.2 Å². The highest BCUT2D eigenvalue weighted by Gasteiger charge is 2.27. The van der Waals surface area contributed by atoms with Crippen molar-refractivity contribution in [2.75, 3.05) is 39.3 Å². The van der Waals surface area contributed by atoms with Crippen molar-refractivity contribution >= 4 is 27.5 Å². The fraction of sp³-hybridized carbons (Fsp3) is 0.417. The molecule has 36 heavy (non-hydrogen) atoms. The van der Waals surface area contributed by atoms with Crippen molar-refractivity contribution in [1.82, 2.24) is 34.3 Å². The first kappa shape index (κ1) is 24.8. The average Bonchev–Trinajstić information content (AvgIpc) is 3.38. The monoisotopic (exact) mass is 529 g/mol. The van der Waals surface area contributed by atoms with Gasteiger partial charge in [0.1, 0.15) is 0 Å². The second kappa shape index (κ2) is 10.6. The van der Waals surface area contributed by atoms with Crippen LogP contribution in [0, 0.1) is 0 Å². The maximum atomic E-state index is 13.1. The molecule has 0 saturated carbocycles. The van der Waals surface area contributed by atoms with E-state index in [1.807, 2.05) is 12.1 Å². The first-order valence-corrected chi connectivity index (χ1v) is 13.9. The first-order chi connectivity index (χ1) is 17.4. The Bertz CT molecular complexity index is 1300. The second-order valence-corrected chi connectivity index (χ2v) is 11.4. The minimum atomic E-state index is -3.51. The van der Waals surface area contributed by atoms with Crippen molar-refractivity contribution in [2.24, 2.45) is 0 Å². The van der Waals surface area contributed by atoms with E-state index in [0.717, 1.165) is 24.9 Å². The molecule has 190 valence electrons. The van der Waals surface area contributed by atoms with Gasteiger partial charge >= 0.3 is 0 Å². The summed E-state index contributed by atoms with van der Waals surface area (Å²) < 4.78 is 29.0. The van der Waals surface area contributed by atoms with Crippen LogP contribution in [-0.2, 0) is 16.6 Å². The zero-order valence-electron chi connectivity index (χ0n) is 19.8. The Morgan fingerprint density at radius 3 is 2.19 bits per heavy atom. The van der Waals surface area contributed by atoms with E-state index < -0.39 is 10.0 Å². The Balaban J connectivity index is 1.18. The highest BCUT2D eigenvalue weighted by molar-refractivity contribution is 7.89. The van der Waals surface area contributed by atoms with Gasteiger partial charge in [-0.25, -0.2) is 8.42 Å². The lowest BCUT2D eigenvalue weighted by Crippen LogP contribution is -2.48. The molecule has 2 aromatic carbocycles. The number of rotatable bonds is 6. The van der Waals surface area contributed by atoms with Crippen molar-refractivity contribution in [3.8, 4) is 5.69 Å². The third-order valence-electron chi connectivity index (χ3n) is 6.68. The van der Waals surface area contributed by atoms with Crippen LogP contribution in [0.5, 0.6) is 0 Å². The molecule has 1 aromatic heterocycles. The maximum absolute atomic E-state index is 13.1. The predicted octanol–water partition coefficient (Wildman–Crippen LogP) is 2.45. The Hall–Kier alpha value is -2.86. The minimum Gasteiger partial charge on any atom is -0.336 e. The summed E-state index contributed by atoms with van der Waals surface area (Å²) in [4.78, 5) is 17.3. The van der Waals surface area contributed by atoms with Crippen LogP contribution in [0.4, 0.5) is 0 Å². The largest absolute Gasteiger partial charge is 0.336 e. The molecule has 0 atom stereocenters. The topological polar surface area (TPSA) is 105 Å². The molecular formula is C24H28ClN7O3S. The molecule has 2 fully saturated rings. The molecule has 0 bridgehead atoms. The Morgan fingerprint density at radius 1 is 0.861 bits per heavy atom.